The molecule has 1 aromatic heterocycles. The zero-order valence-electron chi connectivity index (χ0n) is 11.1. The fraction of sp³-hybridized carbons (Fsp3) is 0.357. The predicted octanol–water partition coefficient (Wildman–Crippen LogP) is 1.74. The van der Waals surface area contributed by atoms with E-state index in [1.807, 2.05) is 18.2 Å². The first-order valence-corrected chi connectivity index (χ1v) is 7.07. The van der Waals surface area contributed by atoms with Crippen LogP contribution in [0.1, 0.15) is 27.4 Å². The summed E-state index contributed by atoms with van der Waals surface area (Å²) in [4.78, 5) is 36.7. The number of amides is 1. The van der Waals surface area contributed by atoms with Crippen LogP contribution >= 0.6 is 11.3 Å². The lowest BCUT2D eigenvalue weighted by atomic mass is 10.2. The Balaban J connectivity index is 1.96. The Morgan fingerprint density at radius 1 is 1.55 bits per heavy atom. The number of esters is 1. The van der Waals surface area contributed by atoms with Crippen LogP contribution in [0.4, 0.5) is 0 Å². The predicted molar refractivity (Wildman–Crippen MR) is 75.5 cm³/mol. The number of hydrogen-bond donors (Lipinski definition) is 0. The smallest absolute Gasteiger partial charge is 0.348 e. The van der Waals surface area contributed by atoms with E-state index in [2.05, 4.69) is 4.74 Å². The van der Waals surface area contributed by atoms with Crippen LogP contribution in [0.25, 0.3) is 6.08 Å². The number of aldehydes is 1. The lowest BCUT2D eigenvalue weighted by Crippen LogP contribution is -2.33. The van der Waals surface area contributed by atoms with E-state index in [9.17, 15) is 14.4 Å². The summed E-state index contributed by atoms with van der Waals surface area (Å²) in [5, 5.41) is 0. The van der Waals surface area contributed by atoms with Gasteiger partial charge in [-0.3, -0.25) is 4.79 Å². The van der Waals surface area contributed by atoms with Crippen LogP contribution in [-0.2, 0) is 14.3 Å². The molecule has 2 heterocycles. The summed E-state index contributed by atoms with van der Waals surface area (Å²) >= 11 is 1.32. The number of carbonyl (C=O) groups excluding carboxylic acids is 3. The van der Waals surface area contributed by atoms with E-state index >= 15 is 0 Å². The summed E-state index contributed by atoms with van der Waals surface area (Å²) in [6.45, 7) is 0.410. The van der Waals surface area contributed by atoms with Crippen LogP contribution in [0.5, 0.6) is 0 Å². The highest BCUT2D eigenvalue weighted by molar-refractivity contribution is 7.14. The maximum Gasteiger partial charge on any atom is 0.348 e. The summed E-state index contributed by atoms with van der Waals surface area (Å²) in [5.74, 6) is -0.349. The van der Waals surface area contributed by atoms with Crippen LogP contribution in [0, 0.1) is 0 Å². The van der Waals surface area contributed by atoms with Crippen LogP contribution in [0.3, 0.4) is 0 Å². The van der Waals surface area contributed by atoms with Gasteiger partial charge in [0.25, 0.3) is 0 Å². The first kappa shape index (κ1) is 14.5. The Kier molecular flexibility index (Phi) is 4.68. The van der Waals surface area contributed by atoms with Crippen molar-refractivity contribution < 1.29 is 19.1 Å². The molecule has 1 saturated heterocycles. The van der Waals surface area contributed by atoms with Gasteiger partial charge in [-0.1, -0.05) is 6.08 Å². The second kappa shape index (κ2) is 6.47. The molecule has 0 saturated carbocycles. The maximum atomic E-state index is 11.6. The van der Waals surface area contributed by atoms with E-state index in [-0.39, 0.29) is 17.9 Å². The normalized spacial score (nSPS) is 18.8. The Morgan fingerprint density at radius 2 is 2.35 bits per heavy atom. The highest BCUT2D eigenvalue weighted by atomic mass is 32.1. The van der Waals surface area contributed by atoms with Crippen molar-refractivity contribution in [2.75, 3.05) is 13.7 Å². The van der Waals surface area contributed by atoms with Gasteiger partial charge in [-0.15, -0.1) is 11.3 Å². The van der Waals surface area contributed by atoms with Gasteiger partial charge in [0.1, 0.15) is 11.2 Å². The van der Waals surface area contributed by atoms with Crippen LogP contribution < -0.4 is 0 Å². The third kappa shape index (κ3) is 3.14. The summed E-state index contributed by atoms with van der Waals surface area (Å²) in [6.07, 6.45) is 5.51. The number of thiophene rings is 1. The van der Waals surface area contributed by atoms with Crippen LogP contribution in [-0.4, -0.2) is 42.8 Å². The summed E-state index contributed by atoms with van der Waals surface area (Å²) in [6, 6.07) is 3.21. The molecule has 5 nitrogen and oxygen atoms in total. The number of methoxy groups -OCH3 is 1. The van der Waals surface area contributed by atoms with Gasteiger partial charge in [-0.2, -0.15) is 0 Å². The second-order valence-corrected chi connectivity index (χ2v) is 5.50. The van der Waals surface area contributed by atoms with E-state index < -0.39 is 0 Å². The third-order valence-corrected chi connectivity index (χ3v) is 4.16. The molecule has 1 aromatic rings. The molecule has 0 aromatic carbocycles. The fourth-order valence-corrected chi connectivity index (χ4v) is 2.93. The Bertz CT molecular complexity index is 549. The van der Waals surface area contributed by atoms with Gasteiger partial charge in [0.2, 0.25) is 5.91 Å². The van der Waals surface area contributed by atoms with E-state index in [1.54, 1.807) is 11.0 Å². The zero-order chi connectivity index (χ0) is 14.5. The average Bonchev–Trinajstić information content (AvgIpc) is 3.06. The number of ether oxygens (including phenoxy) is 1. The van der Waals surface area contributed by atoms with Crippen molar-refractivity contribution in [2.24, 2.45) is 0 Å². The molecule has 0 spiro atoms. The van der Waals surface area contributed by atoms with Gasteiger partial charge < -0.3 is 14.4 Å². The van der Waals surface area contributed by atoms with Crippen molar-refractivity contribution in [2.45, 2.75) is 18.9 Å². The first-order valence-electron chi connectivity index (χ1n) is 6.25. The lowest BCUT2D eigenvalue weighted by Gasteiger charge is -2.18. The molecule has 1 aliphatic rings. The standard InChI is InChI=1S/C14H15NO4S/c1-19-14(18)12-6-5-11(20-12)3-2-8-15-10(9-16)4-7-13(15)17/h2-3,5-6,9-10H,4,7-8H2,1H3/b3-2+. The lowest BCUT2D eigenvalue weighted by molar-refractivity contribution is -0.130. The topological polar surface area (TPSA) is 63.7 Å². The monoisotopic (exact) mass is 293 g/mol. The molecule has 1 atom stereocenters. The van der Waals surface area contributed by atoms with Crippen molar-refractivity contribution in [3.63, 3.8) is 0 Å². The van der Waals surface area contributed by atoms with Crippen molar-refractivity contribution in [3.05, 3.63) is 28.0 Å². The number of likely N-dealkylation sites (tertiary alicyclic amines) is 1. The Morgan fingerprint density at radius 3 is 3.05 bits per heavy atom. The molecule has 1 unspecified atom stereocenters. The van der Waals surface area contributed by atoms with Crippen molar-refractivity contribution in [1.29, 1.82) is 0 Å². The molecule has 0 bridgehead atoms. The van der Waals surface area contributed by atoms with Crippen molar-refractivity contribution >= 4 is 35.6 Å². The molecule has 1 aliphatic heterocycles. The highest BCUT2D eigenvalue weighted by Gasteiger charge is 2.29. The summed E-state index contributed by atoms with van der Waals surface area (Å²) in [7, 11) is 1.34. The highest BCUT2D eigenvalue weighted by Crippen LogP contribution is 2.20. The fourth-order valence-electron chi connectivity index (χ4n) is 2.07. The SMILES string of the molecule is COC(=O)c1ccc(/C=C/CN2C(=O)CCC2C=O)s1. The molecule has 0 N–H and O–H groups in total. The molecule has 106 valence electrons. The van der Waals surface area contributed by atoms with E-state index in [0.717, 1.165) is 11.2 Å². The maximum absolute atomic E-state index is 11.6. The van der Waals surface area contributed by atoms with Crippen molar-refractivity contribution in [1.82, 2.24) is 4.90 Å². The van der Waals surface area contributed by atoms with E-state index in [4.69, 9.17) is 0 Å². The molecule has 1 fully saturated rings. The average molecular weight is 293 g/mol. The first-order chi connectivity index (χ1) is 9.65. The summed E-state index contributed by atoms with van der Waals surface area (Å²) in [5.41, 5.74) is 0. The molecule has 1 amide bonds. The number of nitrogens with zero attached hydrogens (tertiary/aromatic N) is 1. The van der Waals surface area contributed by atoms with Crippen molar-refractivity contribution in [3.8, 4) is 0 Å². The second-order valence-electron chi connectivity index (χ2n) is 4.38. The molecular weight excluding hydrogens is 278 g/mol. The Hall–Kier alpha value is -1.95. The van der Waals surface area contributed by atoms with Gasteiger partial charge >= 0.3 is 5.97 Å². The largest absolute Gasteiger partial charge is 0.465 e. The molecule has 2 rings (SSSR count). The minimum Gasteiger partial charge on any atom is -0.465 e. The van der Waals surface area contributed by atoms with Gasteiger partial charge in [0.15, 0.2) is 0 Å². The molecule has 20 heavy (non-hydrogen) atoms. The van der Waals surface area contributed by atoms with Gasteiger partial charge in [-0.05, 0) is 24.6 Å². The van der Waals surface area contributed by atoms with Gasteiger partial charge in [-0.25, -0.2) is 4.79 Å². The number of hydrogen-bond acceptors (Lipinski definition) is 5. The summed E-state index contributed by atoms with van der Waals surface area (Å²) < 4.78 is 4.63. The minimum absolute atomic E-state index is 0.00757. The van der Waals surface area contributed by atoms with E-state index in [0.29, 0.717) is 24.3 Å². The van der Waals surface area contributed by atoms with Gasteiger partial charge in [0, 0.05) is 17.8 Å². The molecule has 0 radical (unpaired) electrons. The van der Waals surface area contributed by atoms with Gasteiger partial charge in [0.05, 0.1) is 13.2 Å². The zero-order valence-corrected chi connectivity index (χ0v) is 11.9. The molecule has 0 aliphatic carbocycles. The molecule has 6 heteroatoms. The minimum atomic E-state index is -0.356. The van der Waals surface area contributed by atoms with E-state index in [1.165, 1.54) is 18.4 Å². The third-order valence-electron chi connectivity index (χ3n) is 3.13. The number of carbonyl (C=O) groups is 3. The quantitative estimate of drug-likeness (QED) is 0.613. The Labute approximate surface area is 120 Å². The number of rotatable bonds is 5. The van der Waals surface area contributed by atoms with Crippen LogP contribution in [0.2, 0.25) is 0 Å². The molecular formula is C14H15NO4S. The van der Waals surface area contributed by atoms with Crippen LogP contribution in [0.15, 0.2) is 18.2 Å².